The summed E-state index contributed by atoms with van der Waals surface area (Å²) in [7, 11) is 1.15. The van der Waals surface area contributed by atoms with Crippen molar-refractivity contribution in [1.82, 2.24) is 5.32 Å². The van der Waals surface area contributed by atoms with Gasteiger partial charge >= 0.3 is 6.03 Å². The van der Waals surface area contributed by atoms with Crippen LogP contribution in [0.15, 0.2) is 36.4 Å². The van der Waals surface area contributed by atoms with Crippen LogP contribution in [0.2, 0.25) is 0 Å². The van der Waals surface area contributed by atoms with E-state index in [2.05, 4.69) is 15.4 Å². The maximum atomic E-state index is 13.5. The summed E-state index contributed by atoms with van der Waals surface area (Å²) >= 11 is 0. The Hall–Kier alpha value is -2.70. The number of hydrogen-bond acceptors (Lipinski definition) is 2. The number of anilines is 1. The lowest BCUT2D eigenvalue weighted by atomic mass is 10.1. The van der Waals surface area contributed by atoms with Gasteiger partial charge in [0.05, 0.1) is 7.11 Å². The van der Waals surface area contributed by atoms with Crippen molar-refractivity contribution in [2.24, 2.45) is 0 Å². The fourth-order valence-electron chi connectivity index (χ4n) is 1.97. The zero-order valence-electron chi connectivity index (χ0n) is 12.3. The van der Waals surface area contributed by atoms with Gasteiger partial charge in [0.15, 0.2) is 17.4 Å². The van der Waals surface area contributed by atoms with Crippen LogP contribution in [0.4, 0.5) is 23.7 Å². The second-order valence-corrected chi connectivity index (χ2v) is 4.73. The minimum atomic E-state index is -0.908. The number of amides is 2. The van der Waals surface area contributed by atoms with Crippen LogP contribution in [0.1, 0.15) is 5.56 Å². The van der Waals surface area contributed by atoms with Crippen molar-refractivity contribution in [3.8, 4) is 5.75 Å². The molecule has 0 aliphatic carbocycles. The van der Waals surface area contributed by atoms with E-state index in [1.54, 1.807) is 12.1 Å². The van der Waals surface area contributed by atoms with Crippen LogP contribution in [0, 0.1) is 17.5 Å². The van der Waals surface area contributed by atoms with Gasteiger partial charge in [0.2, 0.25) is 0 Å². The largest absolute Gasteiger partial charge is 0.491 e. The van der Waals surface area contributed by atoms with Gasteiger partial charge in [-0.25, -0.2) is 18.0 Å². The molecule has 0 bridgehead atoms. The number of benzene rings is 2. The fourth-order valence-corrected chi connectivity index (χ4v) is 1.97. The first-order chi connectivity index (χ1) is 11.0. The molecule has 4 nitrogen and oxygen atoms in total. The third-order valence-corrected chi connectivity index (χ3v) is 3.07. The summed E-state index contributed by atoms with van der Waals surface area (Å²) in [5.74, 6) is -2.65. The van der Waals surface area contributed by atoms with E-state index in [-0.39, 0.29) is 11.5 Å². The van der Waals surface area contributed by atoms with Gasteiger partial charge in [-0.05, 0) is 24.1 Å². The number of carbonyl (C=O) groups is 1. The van der Waals surface area contributed by atoms with Gasteiger partial charge in [0, 0.05) is 24.4 Å². The number of methoxy groups -OCH3 is 1. The average molecular weight is 324 g/mol. The molecule has 2 amide bonds. The number of carbonyl (C=O) groups excluding carboxylic acids is 1. The zero-order valence-corrected chi connectivity index (χ0v) is 12.3. The van der Waals surface area contributed by atoms with Crippen molar-refractivity contribution in [3.63, 3.8) is 0 Å². The Kier molecular flexibility index (Phi) is 5.46. The smallest absolute Gasteiger partial charge is 0.319 e. The molecule has 0 saturated heterocycles. The van der Waals surface area contributed by atoms with Crippen LogP contribution < -0.4 is 15.4 Å². The summed E-state index contributed by atoms with van der Waals surface area (Å²) in [5, 5.41) is 4.87. The van der Waals surface area contributed by atoms with Crippen molar-refractivity contribution in [3.05, 3.63) is 59.4 Å². The highest BCUT2D eigenvalue weighted by atomic mass is 19.1. The Bertz CT molecular complexity index is 667. The van der Waals surface area contributed by atoms with E-state index in [4.69, 9.17) is 0 Å². The SMILES string of the molecule is COc1c(F)cc(NC(=O)NCCc2ccc(F)cc2)cc1F. The first-order valence-corrected chi connectivity index (χ1v) is 6.82. The van der Waals surface area contributed by atoms with Crippen LogP contribution in [-0.2, 0) is 6.42 Å². The van der Waals surface area contributed by atoms with Gasteiger partial charge in [-0.1, -0.05) is 12.1 Å². The van der Waals surface area contributed by atoms with Crippen molar-refractivity contribution >= 4 is 11.7 Å². The molecule has 2 N–H and O–H groups in total. The van der Waals surface area contributed by atoms with E-state index in [1.807, 2.05) is 0 Å². The molecule has 2 aromatic carbocycles. The van der Waals surface area contributed by atoms with Gasteiger partial charge in [-0.3, -0.25) is 0 Å². The lowest BCUT2D eigenvalue weighted by Crippen LogP contribution is -2.30. The number of ether oxygens (including phenoxy) is 1. The first kappa shape index (κ1) is 16.7. The predicted octanol–water partition coefficient (Wildman–Crippen LogP) is 3.48. The predicted molar refractivity (Wildman–Crippen MR) is 80.0 cm³/mol. The van der Waals surface area contributed by atoms with Gasteiger partial charge in [0.25, 0.3) is 0 Å². The van der Waals surface area contributed by atoms with Gasteiger partial charge in [-0.2, -0.15) is 0 Å². The van der Waals surface area contributed by atoms with E-state index in [9.17, 15) is 18.0 Å². The molecule has 0 fully saturated rings. The molecule has 0 atom stereocenters. The molecule has 0 spiro atoms. The molecule has 0 unspecified atom stereocenters. The Labute approximate surface area is 131 Å². The molecule has 0 radical (unpaired) electrons. The summed E-state index contributed by atoms with van der Waals surface area (Å²) < 4.78 is 44.3. The molecular weight excluding hydrogens is 309 g/mol. The molecule has 0 saturated carbocycles. The molecule has 0 heterocycles. The van der Waals surface area contributed by atoms with Crippen LogP contribution >= 0.6 is 0 Å². The monoisotopic (exact) mass is 324 g/mol. The number of hydrogen-bond donors (Lipinski definition) is 2. The number of nitrogens with one attached hydrogen (secondary N) is 2. The van der Waals surface area contributed by atoms with Gasteiger partial charge in [0.1, 0.15) is 5.82 Å². The third kappa shape index (κ3) is 4.64. The number of urea groups is 1. The standard InChI is InChI=1S/C16H15F3N2O2/c1-23-15-13(18)8-12(9-14(15)19)21-16(22)20-7-6-10-2-4-11(17)5-3-10/h2-5,8-9H,6-7H2,1H3,(H2,20,21,22). The average Bonchev–Trinajstić information content (AvgIpc) is 2.49. The maximum Gasteiger partial charge on any atom is 0.319 e. The lowest BCUT2D eigenvalue weighted by molar-refractivity contribution is 0.252. The fraction of sp³-hybridized carbons (Fsp3) is 0.188. The summed E-state index contributed by atoms with van der Waals surface area (Å²) in [5.41, 5.74) is 0.827. The highest BCUT2D eigenvalue weighted by molar-refractivity contribution is 5.89. The second-order valence-electron chi connectivity index (χ2n) is 4.73. The molecule has 7 heteroatoms. The van der Waals surface area contributed by atoms with E-state index in [1.165, 1.54) is 12.1 Å². The van der Waals surface area contributed by atoms with Crippen LogP contribution in [0.25, 0.3) is 0 Å². The van der Waals surface area contributed by atoms with Crippen LogP contribution in [-0.4, -0.2) is 19.7 Å². The zero-order chi connectivity index (χ0) is 16.8. The number of halogens is 3. The second kappa shape index (κ2) is 7.53. The van der Waals surface area contributed by atoms with Crippen molar-refractivity contribution in [1.29, 1.82) is 0 Å². The Balaban J connectivity index is 1.86. The van der Waals surface area contributed by atoms with Crippen molar-refractivity contribution in [2.45, 2.75) is 6.42 Å². The highest BCUT2D eigenvalue weighted by Crippen LogP contribution is 2.25. The molecule has 2 aromatic rings. The molecular formula is C16H15F3N2O2. The lowest BCUT2D eigenvalue weighted by Gasteiger charge is -2.10. The van der Waals surface area contributed by atoms with Crippen molar-refractivity contribution in [2.75, 3.05) is 19.0 Å². The summed E-state index contributed by atoms with van der Waals surface area (Å²) in [6.45, 7) is 0.290. The molecule has 2 rings (SSSR count). The van der Waals surface area contributed by atoms with Crippen LogP contribution in [0.3, 0.4) is 0 Å². The Morgan fingerprint density at radius 2 is 1.70 bits per heavy atom. The van der Waals surface area contributed by atoms with E-state index >= 15 is 0 Å². The first-order valence-electron chi connectivity index (χ1n) is 6.82. The molecule has 0 aliphatic heterocycles. The molecule has 0 aromatic heterocycles. The molecule has 0 aliphatic rings. The normalized spacial score (nSPS) is 10.3. The molecule has 122 valence electrons. The third-order valence-electron chi connectivity index (χ3n) is 3.07. The van der Waals surface area contributed by atoms with E-state index < -0.39 is 23.4 Å². The minimum Gasteiger partial charge on any atom is -0.491 e. The van der Waals surface area contributed by atoms with Gasteiger partial charge < -0.3 is 15.4 Å². The highest BCUT2D eigenvalue weighted by Gasteiger charge is 2.12. The summed E-state index contributed by atoms with van der Waals surface area (Å²) in [6, 6.07) is 7.21. The molecule has 23 heavy (non-hydrogen) atoms. The Morgan fingerprint density at radius 3 is 2.26 bits per heavy atom. The van der Waals surface area contributed by atoms with Crippen molar-refractivity contribution < 1.29 is 22.7 Å². The summed E-state index contributed by atoms with van der Waals surface area (Å²) in [6.07, 6.45) is 0.499. The minimum absolute atomic E-state index is 0.0277. The van der Waals surface area contributed by atoms with Gasteiger partial charge in [-0.15, -0.1) is 0 Å². The van der Waals surface area contributed by atoms with E-state index in [0.717, 1.165) is 24.8 Å². The quantitative estimate of drug-likeness (QED) is 0.885. The van der Waals surface area contributed by atoms with Crippen LogP contribution in [0.5, 0.6) is 5.75 Å². The van der Waals surface area contributed by atoms with E-state index in [0.29, 0.717) is 13.0 Å². The topological polar surface area (TPSA) is 50.4 Å². The summed E-state index contributed by atoms with van der Waals surface area (Å²) in [4.78, 5) is 11.7. The Morgan fingerprint density at radius 1 is 1.09 bits per heavy atom. The maximum absolute atomic E-state index is 13.5. The number of rotatable bonds is 5.